The molecule has 0 aliphatic carbocycles. The van der Waals surface area contributed by atoms with E-state index < -0.39 is 0 Å². The molecule has 5 heteroatoms. The summed E-state index contributed by atoms with van der Waals surface area (Å²) in [5.74, 6) is 3.61. The number of nitrogens with zero attached hydrogens (tertiary/aromatic N) is 2. The summed E-state index contributed by atoms with van der Waals surface area (Å²) in [7, 11) is 1.91. The lowest BCUT2D eigenvalue weighted by Gasteiger charge is -2.08. The third-order valence-electron chi connectivity index (χ3n) is 3.54. The molecule has 0 saturated heterocycles. The topological polar surface area (TPSA) is 51.0 Å². The Morgan fingerprint density at radius 2 is 2.10 bits per heavy atom. The molecule has 0 saturated carbocycles. The quantitative estimate of drug-likeness (QED) is 0.777. The van der Waals surface area contributed by atoms with Gasteiger partial charge in [0.25, 0.3) is 0 Å². The predicted octanol–water partition coefficient (Wildman–Crippen LogP) is 3.68. The van der Waals surface area contributed by atoms with Gasteiger partial charge in [0.2, 0.25) is 0 Å². The molecule has 3 heterocycles. The molecule has 0 spiro atoms. The molecule has 2 aromatic heterocycles. The van der Waals surface area contributed by atoms with E-state index in [2.05, 4.69) is 10.3 Å². The predicted molar refractivity (Wildman–Crippen MR) is 81.8 cm³/mol. The average molecular weight is 283 g/mol. The Morgan fingerprint density at radius 1 is 1.20 bits per heavy atom. The molecular weight excluding hydrogens is 270 g/mol. The van der Waals surface area contributed by atoms with Gasteiger partial charge >= 0.3 is 0 Å². The Labute approximate surface area is 120 Å². The number of hydrogen-bond acceptors (Lipinski definition) is 5. The van der Waals surface area contributed by atoms with E-state index in [1.165, 1.54) is 5.56 Å². The van der Waals surface area contributed by atoms with Gasteiger partial charge in [0.1, 0.15) is 17.7 Å². The van der Waals surface area contributed by atoms with E-state index in [0.29, 0.717) is 0 Å². The SMILES string of the molecule is CNc1nc(-c2coc3ccccc23)nc2c1CSC2. The molecule has 20 heavy (non-hydrogen) atoms. The normalized spacial score (nSPS) is 13.7. The minimum absolute atomic E-state index is 0.737. The first-order valence-corrected chi connectivity index (χ1v) is 7.64. The van der Waals surface area contributed by atoms with Crippen molar-refractivity contribution in [3.8, 4) is 11.4 Å². The number of furan rings is 1. The van der Waals surface area contributed by atoms with E-state index >= 15 is 0 Å². The Morgan fingerprint density at radius 3 is 3.00 bits per heavy atom. The lowest BCUT2D eigenvalue weighted by Crippen LogP contribution is -2.03. The molecule has 4 nitrogen and oxygen atoms in total. The number of para-hydroxylation sites is 1. The lowest BCUT2D eigenvalue weighted by molar-refractivity contribution is 0.616. The van der Waals surface area contributed by atoms with Crippen LogP contribution in [0.4, 0.5) is 5.82 Å². The summed E-state index contributed by atoms with van der Waals surface area (Å²) in [6.07, 6.45) is 1.74. The molecule has 1 aromatic carbocycles. The van der Waals surface area contributed by atoms with Crippen LogP contribution in [-0.2, 0) is 11.5 Å². The van der Waals surface area contributed by atoms with Crippen LogP contribution in [-0.4, -0.2) is 17.0 Å². The number of thioether (sulfide) groups is 1. The number of rotatable bonds is 2. The Balaban J connectivity index is 1.94. The second-order valence-electron chi connectivity index (χ2n) is 4.71. The van der Waals surface area contributed by atoms with Crippen LogP contribution < -0.4 is 5.32 Å². The molecule has 1 aliphatic heterocycles. The van der Waals surface area contributed by atoms with Crippen molar-refractivity contribution in [3.05, 3.63) is 41.8 Å². The molecule has 0 fully saturated rings. The monoisotopic (exact) mass is 283 g/mol. The zero-order chi connectivity index (χ0) is 13.5. The maximum atomic E-state index is 5.59. The van der Waals surface area contributed by atoms with E-state index in [1.54, 1.807) is 6.26 Å². The van der Waals surface area contributed by atoms with Gasteiger partial charge in [0.15, 0.2) is 5.82 Å². The third kappa shape index (κ3) is 1.70. The van der Waals surface area contributed by atoms with Crippen molar-refractivity contribution < 1.29 is 4.42 Å². The highest BCUT2D eigenvalue weighted by molar-refractivity contribution is 7.98. The molecule has 1 aliphatic rings. The van der Waals surface area contributed by atoms with Gasteiger partial charge in [-0.2, -0.15) is 11.8 Å². The minimum atomic E-state index is 0.737. The Kier molecular flexibility index (Phi) is 2.67. The van der Waals surface area contributed by atoms with Gasteiger partial charge in [-0.15, -0.1) is 0 Å². The molecule has 0 bridgehead atoms. The maximum Gasteiger partial charge on any atom is 0.165 e. The molecule has 0 radical (unpaired) electrons. The standard InChI is InChI=1S/C15H13N3OS/c1-16-14-11-7-20-8-12(11)17-15(18-14)10-6-19-13-5-3-2-4-9(10)13/h2-6H,7-8H2,1H3,(H,16,17,18). The molecule has 4 rings (SSSR count). The molecular formula is C15H13N3OS. The Hall–Kier alpha value is -2.01. The maximum absolute atomic E-state index is 5.59. The zero-order valence-electron chi connectivity index (χ0n) is 11.0. The highest BCUT2D eigenvalue weighted by Gasteiger charge is 2.21. The molecule has 0 unspecified atom stereocenters. The van der Waals surface area contributed by atoms with Gasteiger partial charge in [0.05, 0.1) is 11.3 Å². The molecule has 0 amide bonds. The molecule has 1 N–H and O–H groups in total. The largest absolute Gasteiger partial charge is 0.464 e. The smallest absolute Gasteiger partial charge is 0.165 e. The van der Waals surface area contributed by atoms with Crippen LogP contribution in [0.2, 0.25) is 0 Å². The summed E-state index contributed by atoms with van der Waals surface area (Å²) in [5, 5.41) is 4.24. The van der Waals surface area contributed by atoms with Crippen molar-refractivity contribution in [2.24, 2.45) is 0 Å². The van der Waals surface area contributed by atoms with Crippen LogP contribution in [0.15, 0.2) is 34.9 Å². The van der Waals surface area contributed by atoms with Gasteiger partial charge < -0.3 is 9.73 Å². The minimum Gasteiger partial charge on any atom is -0.464 e. The lowest BCUT2D eigenvalue weighted by atomic mass is 10.1. The van der Waals surface area contributed by atoms with Crippen LogP contribution >= 0.6 is 11.8 Å². The second-order valence-corrected chi connectivity index (χ2v) is 5.70. The fourth-order valence-corrected chi connectivity index (χ4v) is 3.57. The van der Waals surface area contributed by atoms with E-state index in [-0.39, 0.29) is 0 Å². The van der Waals surface area contributed by atoms with Gasteiger partial charge in [-0.05, 0) is 6.07 Å². The van der Waals surface area contributed by atoms with Crippen molar-refractivity contribution in [2.45, 2.75) is 11.5 Å². The summed E-state index contributed by atoms with van der Waals surface area (Å²) < 4.78 is 5.59. The summed E-state index contributed by atoms with van der Waals surface area (Å²) in [4.78, 5) is 9.38. The number of hydrogen-bond donors (Lipinski definition) is 1. The van der Waals surface area contributed by atoms with Crippen molar-refractivity contribution in [1.82, 2.24) is 9.97 Å². The number of aromatic nitrogens is 2. The summed E-state index contributed by atoms with van der Waals surface area (Å²) in [6.45, 7) is 0. The fraction of sp³-hybridized carbons (Fsp3) is 0.200. The van der Waals surface area contributed by atoms with Gasteiger partial charge in [-0.3, -0.25) is 0 Å². The van der Waals surface area contributed by atoms with E-state index in [4.69, 9.17) is 9.40 Å². The summed E-state index contributed by atoms with van der Waals surface area (Å²) in [6, 6.07) is 7.97. The first-order valence-electron chi connectivity index (χ1n) is 6.48. The van der Waals surface area contributed by atoms with Crippen molar-refractivity contribution in [2.75, 3.05) is 12.4 Å². The summed E-state index contributed by atoms with van der Waals surface area (Å²) in [5.41, 5.74) is 4.19. The van der Waals surface area contributed by atoms with E-state index in [1.807, 2.05) is 43.1 Å². The van der Waals surface area contributed by atoms with Gasteiger partial charge in [0, 0.05) is 29.5 Å². The van der Waals surface area contributed by atoms with Crippen LogP contribution in [0.1, 0.15) is 11.3 Å². The van der Waals surface area contributed by atoms with Crippen LogP contribution in [0.3, 0.4) is 0 Å². The fourth-order valence-electron chi connectivity index (χ4n) is 2.53. The molecule has 3 aromatic rings. The average Bonchev–Trinajstić information content (AvgIpc) is 3.12. The number of benzene rings is 1. The third-order valence-corrected chi connectivity index (χ3v) is 4.51. The molecule has 100 valence electrons. The molecule has 0 atom stereocenters. The van der Waals surface area contributed by atoms with Crippen LogP contribution in [0.25, 0.3) is 22.4 Å². The number of anilines is 1. The highest BCUT2D eigenvalue weighted by atomic mass is 32.2. The van der Waals surface area contributed by atoms with E-state index in [0.717, 1.165) is 45.4 Å². The number of fused-ring (bicyclic) bond motifs is 2. The van der Waals surface area contributed by atoms with Crippen molar-refractivity contribution in [1.29, 1.82) is 0 Å². The first-order chi connectivity index (χ1) is 9.86. The van der Waals surface area contributed by atoms with Crippen molar-refractivity contribution in [3.63, 3.8) is 0 Å². The van der Waals surface area contributed by atoms with Gasteiger partial charge in [-0.1, -0.05) is 18.2 Å². The van der Waals surface area contributed by atoms with Crippen molar-refractivity contribution >= 4 is 28.5 Å². The Bertz CT molecular complexity index is 797. The highest BCUT2D eigenvalue weighted by Crippen LogP contribution is 2.36. The summed E-state index contributed by atoms with van der Waals surface area (Å²) >= 11 is 1.88. The zero-order valence-corrected chi connectivity index (χ0v) is 11.8. The first kappa shape index (κ1) is 11.8. The number of nitrogens with one attached hydrogen (secondary N) is 1. The van der Waals surface area contributed by atoms with E-state index in [9.17, 15) is 0 Å². The van der Waals surface area contributed by atoms with Crippen LogP contribution in [0.5, 0.6) is 0 Å². The van der Waals surface area contributed by atoms with Gasteiger partial charge in [-0.25, -0.2) is 9.97 Å². The van der Waals surface area contributed by atoms with Crippen LogP contribution in [0, 0.1) is 0 Å². The second kappa shape index (κ2) is 4.52.